The summed E-state index contributed by atoms with van der Waals surface area (Å²) in [7, 11) is 1.47. The van der Waals surface area contributed by atoms with Crippen molar-refractivity contribution >= 4 is 11.6 Å². The maximum atomic E-state index is 11.3. The number of carbonyl (C=O) groups is 1. The molecule has 2 rings (SSSR count). The van der Waals surface area contributed by atoms with Crippen molar-refractivity contribution < 1.29 is 9.53 Å². The fourth-order valence-electron chi connectivity index (χ4n) is 2.07. The van der Waals surface area contributed by atoms with Crippen molar-refractivity contribution in [2.75, 3.05) is 12.4 Å². The number of pyridine rings is 1. The van der Waals surface area contributed by atoms with E-state index in [2.05, 4.69) is 17.2 Å². The number of carbonyl (C=O) groups excluding carboxylic acids is 1. The molecule has 1 atom stereocenters. The molecule has 0 aliphatic heterocycles. The number of nitrogens with zero attached hydrogens (tertiary/aromatic N) is 1. The number of primary amides is 1. The van der Waals surface area contributed by atoms with Crippen LogP contribution < -0.4 is 15.8 Å². The van der Waals surface area contributed by atoms with Crippen molar-refractivity contribution in [1.82, 2.24) is 4.98 Å². The summed E-state index contributed by atoms with van der Waals surface area (Å²) in [4.78, 5) is 15.4. The standard InChI is InChI=1S/C13H19N3O2/c1-8(5-9-3-4-9)16-10-6-11(12(14)17)13(18-2)15-7-10/h6-9,16H,3-5H2,1-2H3,(H2,14,17)/t8-/m1/s1. The minimum absolute atomic E-state index is 0.267. The van der Waals surface area contributed by atoms with Gasteiger partial charge in [-0.1, -0.05) is 12.8 Å². The second-order valence-electron chi connectivity index (χ2n) is 4.87. The molecular weight excluding hydrogens is 230 g/mol. The van der Waals surface area contributed by atoms with Gasteiger partial charge in [-0.3, -0.25) is 4.79 Å². The molecule has 1 aliphatic rings. The van der Waals surface area contributed by atoms with Gasteiger partial charge in [0.1, 0.15) is 5.56 Å². The molecule has 0 aromatic carbocycles. The van der Waals surface area contributed by atoms with Crippen molar-refractivity contribution in [1.29, 1.82) is 0 Å². The minimum atomic E-state index is -0.530. The van der Waals surface area contributed by atoms with Gasteiger partial charge < -0.3 is 15.8 Å². The third-order valence-electron chi connectivity index (χ3n) is 3.11. The summed E-state index contributed by atoms with van der Waals surface area (Å²) in [5.74, 6) is 0.593. The second kappa shape index (κ2) is 5.25. The van der Waals surface area contributed by atoms with Gasteiger partial charge in [0.15, 0.2) is 0 Å². The lowest BCUT2D eigenvalue weighted by atomic mass is 10.1. The van der Waals surface area contributed by atoms with E-state index in [9.17, 15) is 4.79 Å². The molecule has 18 heavy (non-hydrogen) atoms. The molecule has 0 spiro atoms. The zero-order valence-corrected chi connectivity index (χ0v) is 10.8. The molecule has 1 aromatic heterocycles. The molecular formula is C13H19N3O2. The van der Waals surface area contributed by atoms with Gasteiger partial charge in [-0.2, -0.15) is 0 Å². The van der Waals surface area contributed by atoms with E-state index >= 15 is 0 Å². The number of anilines is 1. The molecule has 3 N–H and O–H groups in total. The van der Waals surface area contributed by atoms with Crippen LogP contribution in [0.1, 0.15) is 36.5 Å². The molecule has 1 heterocycles. The Kier molecular flexibility index (Phi) is 3.69. The van der Waals surface area contributed by atoms with Crippen LogP contribution in [0.25, 0.3) is 0 Å². The zero-order valence-electron chi connectivity index (χ0n) is 10.8. The smallest absolute Gasteiger partial charge is 0.254 e. The van der Waals surface area contributed by atoms with Gasteiger partial charge in [0, 0.05) is 6.04 Å². The van der Waals surface area contributed by atoms with Gasteiger partial charge >= 0.3 is 0 Å². The molecule has 1 aliphatic carbocycles. The minimum Gasteiger partial charge on any atom is -0.480 e. The molecule has 1 aromatic rings. The molecule has 0 radical (unpaired) electrons. The second-order valence-corrected chi connectivity index (χ2v) is 4.87. The molecule has 5 nitrogen and oxygen atoms in total. The molecule has 0 saturated heterocycles. The van der Waals surface area contributed by atoms with E-state index in [1.807, 2.05) is 0 Å². The van der Waals surface area contributed by atoms with Crippen molar-refractivity contribution in [3.05, 3.63) is 17.8 Å². The Morgan fingerprint density at radius 3 is 2.94 bits per heavy atom. The lowest BCUT2D eigenvalue weighted by molar-refractivity contribution is 0.0996. The van der Waals surface area contributed by atoms with Gasteiger partial charge in [0.25, 0.3) is 5.91 Å². The molecule has 1 amide bonds. The van der Waals surface area contributed by atoms with Crippen molar-refractivity contribution in [3.8, 4) is 5.88 Å². The van der Waals surface area contributed by atoms with Gasteiger partial charge in [-0.15, -0.1) is 0 Å². The number of rotatable bonds is 6. The summed E-state index contributed by atoms with van der Waals surface area (Å²) in [6, 6.07) is 2.06. The highest BCUT2D eigenvalue weighted by Crippen LogP contribution is 2.34. The van der Waals surface area contributed by atoms with Crippen LogP contribution in [0.4, 0.5) is 5.69 Å². The topological polar surface area (TPSA) is 77.2 Å². The van der Waals surface area contributed by atoms with Crippen LogP contribution in [-0.2, 0) is 0 Å². The van der Waals surface area contributed by atoms with Crippen LogP contribution in [0, 0.1) is 5.92 Å². The largest absolute Gasteiger partial charge is 0.480 e. The predicted octanol–water partition coefficient (Wildman–Crippen LogP) is 1.79. The first-order valence-corrected chi connectivity index (χ1v) is 6.20. The van der Waals surface area contributed by atoms with Gasteiger partial charge in [-0.05, 0) is 25.3 Å². The first-order valence-electron chi connectivity index (χ1n) is 6.20. The monoisotopic (exact) mass is 249 g/mol. The van der Waals surface area contributed by atoms with Crippen LogP contribution in [0.5, 0.6) is 5.88 Å². The van der Waals surface area contributed by atoms with Crippen LogP contribution in [-0.4, -0.2) is 24.0 Å². The lowest BCUT2D eigenvalue weighted by Crippen LogP contribution is -2.18. The number of aromatic nitrogens is 1. The molecule has 98 valence electrons. The van der Waals surface area contributed by atoms with E-state index in [0.717, 1.165) is 18.0 Å². The van der Waals surface area contributed by atoms with Gasteiger partial charge in [0.2, 0.25) is 5.88 Å². The Labute approximate surface area is 107 Å². The maximum Gasteiger partial charge on any atom is 0.254 e. The first-order chi connectivity index (χ1) is 8.60. The lowest BCUT2D eigenvalue weighted by Gasteiger charge is -2.15. The number of ether oxygens (including phenoxy) is 1. The number of amides is 1. The Bertz CT molecular complexity index is 444. The summed E-state index contributed by atoms with van der Waals surface area (Å²) in [6.45, 7) is 2.13. The summed E-state index contributed by atoms with van der Waals surface area (Å²) in [6.07, 6.45) is 5.48. The third-order valence-corrected chi connectivity index (χ3v) is 3.11. The third kappa shape index (κ3) is 3.12. The average Bonchev–Trinajstić information content (AvgIpc) is 3.12. The fraction of sp³-hybridized carbons (Fsp3) is 0.538. The molecule has 1 fully saturated rings. The Hall–Kier alpha value is -1.78. The van der Waals surface area contributed by atoms with Crippen LogP contribution in [0.15, 0.2) is 12.3 Å². The van der Waals surface area contributed by atoms with Crippen molar-refractivity contribution in [2.24, 2.45) is 11.7 Å². The summed E-state index contributed by atoms with van der Waals surface area (Å²) in [5, 5.41) is 3.33. The Balaban J connectivity index is 2.07. The number of methoxy groups -OCH3 is 1. The van der Waals surface area contributed by atoms with E-state index in [0.29, 0.717) is 11.6 Å². The number of hydrogen-bond donors (Lipinski definition) is 2. The molecule has 5 heteroatoms. The molecule has 0 bridgehead atoms. The molecule has 0 unspecified atom stereocenters. The first kappa shape index (κ1) is 12.7. The molecule has 1 saturated carbocycles. The average molecular weight is 249 g/mol. The summed E-state index contributed by atoms with van der Waals surface area (Å²) < 4.78 is 5.00. The highest BCUT2D eigenvalue weighted by Gasteiger charge is 2.23. The summed E-state index contributed by atoms with van der Waals surface area (Å²) in [5.41, 5.74) is 6.40. The number of hydrogen-bond acceptors (Lipinski definition) is 4. The zero-order chi connectivity index (χ0) is 13.1. The fourth-order valence-corrected chi connectivity index (χ4v) is 2.07. The summed E-state index contributed by atoms with van der Waals surface area (Å²) >= 11 is 0. The predicted molar refractivity (Wildman–Crippen MR) is 69.7 cm³/mol. The normalized spacial score (nSPS) is 16.1. The number of nitrogens with one attached hydrogen (secondary N) is 1. The van der Waals surface area contributed by atoms with Crippen molar-refractivity contribution in [2.45, 2.75) is 32.2 Å². The van der Waals surface area contributed by atoms with Gasteiger partial charge in [0.05, 0.1) is 19.0 Å². The highest BCUT2D eigenvalue weighted by molar-refractivity contribution is 5.95. The number of nitrogens with two attached hydrogens (primary N) is 1. The van der Waals surface area contributed by atoms with E-state index in [4.69, 9.17) is 10.5 Å². The van der Waals surface area contributed by atoms with E-state index in [1.165, 1.54) is 20.0 Å². The quantitative estimate of drug-likeness (QED) is 0.805. The van der Waals surface area contributed by atoms with Crippen LogP contribution in [0.3, 0.4) is 0 Å². The Morgan fingerprint density at radius 2 is 2.39 bits per heavy atom. The van der Waals surface area contributed by atoms with Crippen LogP contribution >= 0.6 is 0 Å². The van der Waals surface area contributed by atoms with E-state index in [-0.39, 0.29) is 5.88 Å². The van der Waals surface area contributed by atoms with E-state index in [1.54, 1.807) is 12.3 Å². The Morgan fingerprint density at radius 1 is 1.67 bits per heavy atom. The maximum absolute atomic E-state index is 11.3. The van der Waals surface area contributed by atoms with Crippen molar-refractivity contribution in [3.63, 3.8) is 0 Å². The van der Waals surface area contributed by atoms with Crippen LogP contribution in [0.2, 0.25) is 0 Å². The highest BCUT2D eigenvalue weighted by atomic mass is 16.5. The van der Waals surface area contributed by atoms with Gasteiger partial charge in [-0.25, -0.2) is 4.98 Å². The SMILES string of the molecule is COc1ncc(N[C@H](C)CC2CC2)cc1C(N)=O. The van der Waals surface area contributed by atoms with E-state index < -0.39 is 5.91 Å².